The van der Waals surface area contributed by atoms with Gasteiger partial charge in [-0.05, 0) is 24.6 Å². The molecule has 2 N–H and O–H groups in total. The van der Waals surface area contributed by atoms with Crippen LogP contribution in [0.1, 0.15) is 28.9 Å². The molecule has 1 amide bonds. The third-order valence-electron chi connectivity index (χ3n) is 3.65. The van der Waals surface area contributed by atoms with Crippen LogP contribution < -0.4 is 5.32 Å². The van der Waals surface area contributed by atoms with Gasteiger partial charge in [-0.3, -0.25) is 14.8 Å². The van der Waals surface area contributed by atoms with Gasteiger partial charge in [0.1, 0.15) is 18.2 Å². The highest BCUT2D eigenvalue weighted by atomic mass is 19.1. The van der Waals surface area contributed by atoms with Crippen LogP contribution in [0.3, 0.4) is 0 Å². The first-order chi connectivity index (χ1) is 12.4. The fourth-order valence-corrected chi connectivity index (χ4v) is 2.20. The third-order valence-corrected chi connectivity index (χ3v) is 3.65. The molecule has 134 valence electrons. The molecule has 1 unspecified atom stereocenters. The Balaban J connectivity index is 1.63. The molecule has 0 aliphatic carbocycles. The van der Waals surface area contributed by atoms with E-state index in [9.17, 15) is 14.0 Å². The number of carbonyl (C=O) groups is 2. The number of carboxylic acids is 1. The minimum Gasteiger partial charge on any atom is -0.478 e. The number of nitrogens with one attached hydrogen (secondary N) is 1. The summed E-state index contributed by atoms with van der Waals surface area (Å²) < 4.78 is 15.7. The van der Waals surface area contributed by atoms with Crippen LogP contribution in [0.4, 0.5) is 10.3 Å². The summed E-state index contributed by atoms with van der Waals surface area (Å²) in [5, 5.41) is 19.4. The van der Waals surface area contributed by atoms with Gasteiger partial charge in [0.05, 0.1) is 18.3 Å². The fourth-order valence-electron chi connectivity index (χ4n) is 2.20. The summed E-state index contributed by atoms with van der Waals surface area (Å²) in [4.78, 5) is 27.1. The lowest BCUT2D eigenvalue weighted by Gasteiger charge is -2.10. The van der Waals surface area contributed by atoms with E-state index in [4.69, 9.17) is 5.11 Å². The SMILES string of the molecule is CC(C(=O)Nc1ncn(Cc2ccc(F)cc2)n1)n1cc(C(=O)O)cn1. The van der Waals surface area contributed by atoms with Gasteiger partial charge in [0.15, 0.2) is 0 Å². The highest BCUT2D eigenvalue weighted by molar-refractivity contribution is 5.92. The van der Waals surface area contributed by atoms with Crippen LogP contribution in [0.2, 0.25) is 0 Å². The first kappa shape index (κ1) is 17.3. The molecular formula is C16H15FN6O3. The summed E-state index contributed by atoms with van der Waals surface area (Å²) in [5.74, 6) is -1.77. The van der Waals surface area contributed by atoms with Gasteiger partial charge in [-0.1, -0.05) is 12.1 Å². The highest BCUT2D eigenvalue weighted by Gasteiger charge is 2.19. The van der Waals surface area contributed by atoms with Crippen molar-refractivity contribution in [2.45, 2.75) is 19.5 Å². The van der Waals surface area contributed by atoms with Crippen molar-refractivity contribution in [2.75, 3.05) is 5.32 Å². The lowest BCUT2D eigenvalue weighted by Crippen LogP contribution is -2.24. The number of halogens is 1. The second-order valence-electron chi connectivity index (χ2n) is 5.57. The van der Waals surface area contributed by atoms with Gasteiger partial charge in [-0.15, -0.1) is 5.10 Å². The molecule has 1 aromatic carbocycles. The van der Waals surface area contributed by atoms with Gasteiger partial charge < -0.3 is 5.11 Å². The van der Waals surface area contributed by atoms with E-state index in [0.29, 0.717) is 6.54 Å². The lowest BCUT2D eigenvalue weighted by molar-refractivity contribution is -0.119. The molecule has 2 aromatic heterocycles. The second kappa shape index (κ2) is 7.13. The lowest BCUT2D eigenvalue weighted by atomic mass is 10.2. The number of carbonyl (C=O) groups excluding carboxylic acids is 1. The molecule has 10 heteroatoms. The van der Waals surface area contributed by atoms with E-state index in [1.165, 1.54) is 40.2 Å². The Morgan fingerprint density at radius 2 is 2.04 bits per heavy atom. The maximum atomic E-state index is 12.9. The predicted molar refractivity (Wildman–Crippen MR) is 88.1 cm³/mol. The number of aromatic carboxylic acids is 1. The first-order valence-corrected chi connectivity index (χ1v) is 7.64. The van der Waals surface area contributed by atoms with Gasteiger partial charge >= 0.3 is 5.97 Å². The summed E-state index contributed by atoms with van der Waals surface area (Å²) >= 11 is 0. The normalized spacial score (nSPS) is 11.9. The van der Waals surface area contributed by atoms with Gasteiger partial charge in [-0.25, -0.2) is 18.9 Å². The van der Waals surface area contributed by atoms with Crippen molar-refractivity contribution in [3.63, 3.8) is 0 Å². The van der Waals surface area contributed by atoms with Crippen LogP contribution in [0.15, 0.2) is 43.0 Å². The number of nitrogens with zero attached hydrogens (tertiary/aromatic N) is 5. The van der Waals surface area contributed by atoms with Gasteiger partial charge in [-0.2, -0.15) is 5.10 Å². The largest absolute Gasteiger partial charge is 0.478 e. The molecule has 0 aliphatic heterocycles. The number of anilines is 1. The van der Waals surface area contributed by atoms with E-state index in [2.05, 4.69) is 20.5 Å². The molecule has 2 heterocycles. The van der Waals surface area contributed by atoms with Crippen LogP contribution in [-0.4, -0.2) is 41.5 Å². The van der Waals surface area contributed by atoms with Crippen molar-refractivity contribution in [2.24, 2.45) is 0 Å². The number of hydrogen-bond donors (Lipinski definition) is 2. The number of hydrogen-bond acceptors (Lipinski definition) is 5. The maximum absolute atomic E-state index is 12.9. The minimum atomic E-state index is -1.12. The molecule has 0 bridgehead atoms. The standard InChI is InChI=1S/C16H15FN6O3/c1-10(23-8-12(6-19-23)15(25)26)14(24)20-16-18-9-22(21-16)7-11-2-4-13(17)5-3-11/h2-6,8-10H,7H2,1H3,(H,25,26)(H,20,21,24). The quantitative estimate of drug-likeness (QED) is 0.691. The summed E-state index contributed by atoms with van der Waals surface area (Å²) in [6, 6.07) is 5.23. The molecule has 0 radical (unpaired) electrons. The number of rotatable bonds is 6. The average molecular weight is 358 g/mol. The zero-order valence-electron chi connectivity index (χ0n) is 13.7. The third kappa shape index (κ3) is 3.91. The molecule has 0 fully saturated rings. The molecule has 3 aromatic rings. The number of benzene rings is 1. The van der Waals surface area contributed by atoms with Crippen molar-refractivity contribution in [3.8, 4) is 0 Å². The van der Waals surface area contributed by atoms with Crippen molar-refractivity contribution in [1.29, 1.82) is 0 Å². The van der Waals surface area contributed by atoms with Crippen LogP contribution in [-0.2, 0) is 11.3 Å². The molecule has 0 saturated carbocycles. The number of amides is 1. The van der Waals surface area contributed by atoms with Crippen molar-refractivity contribution in [3.05, 3.63) is 59.9 Å². The first-order valence-electron chi connectivity index (χ1n) is 7.64. The molecule has 9 nitrogen and oxygen atoms in total. The van der Waals surface area contributed by atoms with Crippen molar-refractivity contribution >= 4 is 17.8 Å². The molecule has 3 rings (SSSR count). The summed E-state index contributed by atoms with van der Waals surface area (Å²) in [7, 11) is 0. The summed E-state index contributed by atoms with van der Waals surface area (Å²) in [5.41, 5.74) is 0.826. The van der Waals surface area contributed by atoms with Crippen molar-refractivity contribution < 1.29 is 19.1 Å². The molecular weight excluding hydrogens is 343 g/mol. The number of aromatic nitrogens is 5. The average Bonchev–Trinajstić information content (AvgIpc) is 3.26. The fraction of sp³-hybridized carbons (Fsp3) is 0.188. The molecule has 0 aliphatic rings. The van der Waals surface area contributed by atoms with E-state index in [1.54, 1.807) is 19.1 Å². The zero-order chi connectivity index (χ0) is 18.7. The van der Waals surface area contributed by atoms with E-state index in [-0.39, 0.29) is 17.3 Å². The van der Waals surface area contributed by atoms with Gasteiger partial charge in [0.2, 0.25) is 5.95 Å². The highest BCUT2D eigenvalue weighted by Crippen LogP contribution is 2.10. The Morgan fingerprint density at radius 3 is 2.69 bits per heavy atom. The van der Waals surface area contributed by atoms with Gasteiger partial charge in [0, 0.05) is 6.20 Å². The van der Waals surface area contributed by atoms with Crippen LogP contribution >= 0.6 is 0 Å². The molecule has 26 heavy (non-hydrogen) atoms. The topological polar surface area (TPSA) is 115 Å². The Labute approximate surface area is 147 Å². The molecule has 1 atom stereocenters. The van der Waals surface area contributed by atoms with E-state index < -0.39 is 17.9 Å². The Hall–Kier alpha value is -3.56. The number of carboxylic acid groups (broad SMARTS) is 1. The zero-order valence-corrected chi connectivity index (χ0v) is 13.7. The van der Waals surface area contributed by atoms with Crippen LogP contribution in [0.5, 0.6) is 0 Å². The summed E-state index contributed by atoms with van der Waals surface area (Å²) in [6.07, 6.45) is 3.88. The second-order valence-corrected chi connectivity index (χ2v) is 5.57. The van der Waals surface area contributed by atoms with Crippen LogP contribution in [0.25, 0.3) is 0 Å². The van der Waals surface area contributed by atoms with Crippen LogP contribution in [0, 0.1) is 5.82 Å². The predicted octanol–water partition coefficient (Wildman–Crippen LogP) is 1.56. The molecule has 0 spiro atoms. The van der Waals surface area contributed by atoms with E-state index >= 15 is 0 Å². The smallest absolute Gasteiger partial charge is 0.338 e. The van der Waals surface area contributed by atoms with Crippen molar-refractivity contribution in [1.82, 2.24) is 24.5 Å². The Kier molecular flexibility index (Phi) is 4.74. The molecule has 0 saturated heterocycles. The van der Waals surface area contributed by atoms with E-state index in [0.717, 1.165) is 5.56 Å². The summed E-state index contributed by atoms with van der Waals surface area (Å²) in [6.45, 7) is 1.95. The monoisotopic (exact) mass is 358 g/mol. The Bertz CT molecular complexity index is 934. The Morgan fingerprint density at radius 1 is 1.31 bits per heavy atom. The van der Waals surface area contributed by atoms with E-state index in [1.807, 2.05) is 0 Å². The van der Waals surface area contributed by atoms with Gasteiger partial charge in [0.25, 0.3) is 5.91 Å². The minimum absolute atomic E-state index is 0.00801. The maximum Gasteiger partial charge on any atom is 0.338 e.